The van der Waals surface area contributed by atoms with Crippen molar-refractivity contribution < 1.29 is 98.3 Å². The van der Waals surface area contributed by atoms with Crippen LogP contribution in [0.25, 0.3) is 21.5 Å². The lowest BCUT2D eigenvalue weighted by atomic mass is 10.1. The predicted octanol–water partition coefficient (Wildman–Crippen LogP) is 0.0267. The van der Waals surface area contributed by atoms with Gasteiger partial charge in [0, 0.05) is 27.9 Å². The molecule has 38 heteroatoms. The first kappa shape index (κ1) is 57.7. The van der Waals surface area contributed by atoms with Gasteiger partial charge in [0.1, 0.15) is 41.7 Å². The number of carbonyl (C=O) groups is 1. The van der Waals surface area contributed by atoms with Crippen LogP contribution in [-0.2, 0) is 60.6 Å². The van der Waals surface area contributed by atoms with Gasteiger partial charge >= 0.3 is 5.97 Å². The number of hydrogen-bond donors (Lipinski definition) is 16. The van der Waals surface area contributed by atoms with Gasteiger partial charge in [-0.1, -0.05) is 0 Å². The largest absolute Gasteiger partial charge is 0.505 e. The van der Waals surface area contributed by atoms with Gasteiger partial charge < -0.3 is 55.5 Å². The highest BCUT2D eigenvalue weighted by Gasteiger charge is 2.28. The molecule has 71 heavy (non-hydrogen) atoms. The van der Waals surface area contributed by atoms with Crippen LogP contribution < -0.4 is 45.3 Å². The molecular weight excluding hydrogens is 1080 g/mol. The molecule has 0 aliphatic carbocycles. The number of phenolic OH excluding ortho intramolecular Hbond substituents is 2. The number of sulfonamides is 1. The number of nitro benzene ring substituents is 1. The number of aromatic carboxylic acids is 1. The first-order valence-electron chi connectivity index (χ1n) is 17.5. The summed E-state index contributed by atoms with van der Waals surface area (Å²) < 4.78 is 179. The smallest absolute Gasteiger partial charge is 0.337 e. The van der Waals surface area contributed by atoms with Crippen molar-refractivity contribution in [1.82, 2.24) is 0 Å². The van der Waals surface area contributed by atoms with E-state index in [2.05, 4.69) is 0 Å². The third kappa shape index (κ3) is 13.2. The van der Waals surface area contributed by atoms with Crippen molar-refractivity contribution in [2.24, 2.45) is 5.14 Å². The number of primary sulfonamides is 1. The Morgan fingerprint density at radius 1 is 0.479 bits per heavy atom. The maximum absolute atomic E-state index is 11.4. The van der Waals surface area contributed by atoms with Crippen LogP contribution in [0.3, 0.4) is 0 Å². The monoisotopic (exact) mass is 1120 g/mol. The second-order valence-corrected chi connectivity index (χ2v) is 22.1. The van der Waals surface area contributed by atoms with Crippen LogP contribution in [-0.4, -0.2) is 99.5 Å². The van der Waals surface area contributed by atoms with Crippen molar-refractivity contribution in [3.63, 3.8) is 0 Å². The van der Waals surface area contributed by atoms with E-state index in [4.69, 9.17) is 64.0 Å². The summed E-state index contributed by atoms with van der Waals surface area (Å²) in [5.41, 5.74) is 34.6. The average Bonchev–Trinajstić information content (AvgIpc) is 3.19. The second-order valence-electron chi connectivity index (χ2n) is 13.6. The zero-order chi connectivity index (χ0) is 55.1. The Kier molecular flexibility index (Phi) is 16.3. The number of nitrogens with zero attached hydrogens (tertiary/aromatic N) is 1. The molecule has 0 aliphatic rings. The minimum absolute atomic E-state index is 0.00935. The Labute approximate surface area is 398 Å². The quantitative estimate of drug-likeness (QED) is 0.0314. The van der Waals surface area contributed by atoms with Gasteiger partial charge in [-0.05, 0) is 60.7 Å². The van der Waals surface area contributed by atoms with Crippen molar-refractivity contribution in [2.45, 2.75) is 29.4 Å². The molecular formula is C33H35N9O23S6. The molecule has 0 unspecified atom stereocenters. The van der Waals surface area contributed by atoms with E-state index in [1.54, 1.807) is 0 Å². The molecule has 0 aliphatic heterocycles. The third-order valence-electron chi connectivity index (χ3n) is 8.88. The maximum Gasteiger partial charge on any atom is 0.337 e. The lowest BCUT2D eigenvalue weighted by Crippen LogP contribution is -2.13. The van der Waals surface area contributed by atoms with Crippen LogP contribution in [0.5, 0.6) is 11.5 Å². The number of fused-ring (bicyclic) bond motifs is 2. The molecule has 0 spiro atoms. The van der Waals surface area contributed by atoms with Crippen LogP contribution in [0.2, 0.25) is 0 Å². The van der Waals surface area contributed by atoms with Crippen LogP contribution in [0.4, 0.5) is 45.5 Å². The number of aromatic hydroxyl groups is 2. The number of nitrogen functional groups attached to an aromatic ring is 7. The number of carboxylic acids is 1. The fourth-order valence-electron chi connectivity index (χ4n) is 5.67. The third-order valence-corrected chi connectivity index (χ3v) is 14.3. The number of hydrogen-bond acceptors (Lipinski definition) is 24. The summed E-state index contributed by atoms with van der Waals surface area (Å²) in [5.74, 6) is -2.95. The van der Waals surface area contributed by atoms with Crippen LogP contribution in [0, 0.1) is 10.1 Å². The van der Waals surface area contributed by atoms with E-state index in [0.717, 1.165) is 36.4 Å². The SMILES string of the molecule is Nc1cc(S(=O)(=O)O)c2cc(S(=O)(=O)O)c(N)c(O)c2c1N.Nc1ccc(S(=O)(=O)O)cc1[N+](=O)[O-].Nc1ccc(S(N)(=O)=O)cc1C(=O)O.Nc1ccc2c(O)c(N)c(S(=O)(=O)O)cc2c1S(=O)(=O)O. The molecule has 0 atom stereocenters. The zero-order valence-electron chi connectivity index (χ0n) is 34.6. The molecule has 6 aromatic rings. The van der Waals surface area contributed by atoms with E-state index in [0.29, 0.717) is 18.2 Å². The number of rotatable bonds is 8. The number of nitro groups is 1. The van der Waals surface area contributed by atoms with E-state index >= 15 is 0 Å². The highest BCUT2D eigenvalue weighted by molar-refractivity contribution is 7.89. The molecule has 0 saturated heterocycles. The van der Waals surface area contributed by atoms with Gasteiger partial charge in [0.25, 0.3) is 56.3 Å². The van der Waals surface area contributed by atoms with Crippen molar-refractivity contribution >= 4 is 134 Å². The lowest BCUT2D eigenvalue weighted by molar-refractivity contribution is -0.384. The topological polar surface area (TPSA) is 635 Å². The van der Waals surface area contributed by atoms with Crippen LogP contribution in [0.1, 0.15) is 10.4 Å². The fraction of sp³-hybridized carbons (Fsp3) is 0. The predicted molar refractivity (Wildman–Crippen MR) is 249 cm³/mol. The van der Waals surface area contributed by atoms with Crippen LogP contribution in [0.15, 0.2) is 96.1 Å². The molecule has 0 heterocycles. The molecule has 0 radical (unpaired) electrons. The van der Waals surface area contributed by atoms with Gasteiger partial charge in [0.2, 0.25) is 10.0 Å². The minimum atomic E-state index is -4.87. The standard InChI is InChI=1S/C10H11N3O7S2.C10H10N2O7S2.C7H8N2O4S.C6H6N2O5S/c11-4-2-5(21(15,16)17)3-1-6(22(18,19)20)9(13)10(14)7(3)8(4)12;11-6-2-1-4-5(10(6)21(17,18)19)3-7(20(14,15)16)8(12)9(4)13;8-6-2-1-4(14(9,12)13)3-5(6)7(10)11;7-5-2-1-4(14(11,12)13)3-6(5)8(9)10/h1-2,14H,11-13H2,(H,15,16,17)(H,18,19,20);1-3,13H,11-12H2,(H,14,15,16)(H,17,18,19);1-3H,8H2,(H,10,11)(H2,9,12,13);1-3H,7H2,(H,11,12,13). The molecule has 386 valence electrons. The molecule has 0 aromatic heterocycles. The van der Waals surface area contributed by atoms with E-state index in [1.165, 1.54) is 12.1 Å². The van der Waals surface area contributed by atoms with E-state index < -0.39 is 135 Å². The first-order chi connectivity index (χ1) is 31.9. The average molecular weight is 1120 g/mol. The van der Waals surface area contributed by atoms with Gasteiger partial charge in [-0.25, -0.2) is 18.4 Å². The zero-order valence-corrected chi connectivity index (χ0v) is 39.5. The molecule has 0 saturated carbocycles. The van der Waals surface area contributed by atoms with Crippen LogP contribution >= 0.6 is 0 Å². The highest BCUT2D eigenvalue weighted by Crippen LogP contribution is 2.44. The van der Waals surface area contributed by atoms with Gasteiger partial charge in [-0.15, -0.1) is 0 Å². The van der Waals surface area contributed by atoms with Crippen molar-refractivity contribution in [3.8, 4) is 11.5 Å². The molecule has 32 nitrogen and oxygen atoms in total. The van der Waals surface area contributed by atoms with E-state index in [-0.39, 0.29) is 49.7 Å². The normalized spacial score (nSPS) is 12.1. The summed E-state index contributed by atoms with van der Waals surface area (Å²) >= 11 is 0. The van der Waals surface area contributed by atoms with Gasteiger partial charge in [0.15, 0.2) is 0 Å². The molecule has 0 bridgehead atoms. The van der Waals surface area contributed by atoms with Crippen molar-refractivity contribution in [1.29, 1.82) is 0 Å². The maximum atomic E-state index is 11.4. The highest BCUT2D eigenvalue weighted by atomic mass is 32.2. The summed E-state index contributed by atoms with van der Waals surface area (Å²) in [5, 5.41) is 42.3. The Morgan fingerprint density at radius 3 is 1.37 bits per heavy atom. The minimum Gasteiger partial charge on any atom is -0.505 e. The molecule has 6 rings (SSSR count). The summed E-state index contributed by atoms with van der Waals surface area (Å²) in [6.45, 7) is 0. The van der Waals surface area contributed by atoms with E-state index in [1.807, 2.05) is 0 Å². The number of anilines is 7. The lowest BCUT2D eigenvalue weighted by Gasteiger charge is -2.14. The Balaban J connectivity index is 0.000000256. The van der Waals surface area contributed by atoms with Gasteiger partial charge in [-0.3, -0.25) is 32.9 Å². The Morgan fingerprint density at radius 2 is 0.930 bits per heavy atom. The number of benzene rings is 6. The van der Waals surface area contributed by atoms with Crippen molar-refractivity contribution in [2.75, 3.05) is 40.1 Å². The first-order valence-corrected chi connectivity index (χ1v) is 26.2. The Hall–Kier alpha value is -7.63. The molecule has 0 amide bonds. The summed E-state index contributed by atoms with van der Waals surface area (Å²) in [6, 6.07) is 10.4. The van der Waals surface area contributed by atoms with Gasteiger partial charge in [0.05, 0.1) is 49.2 Å². The van der Waals surface area contributed by atoms with Crippen molar-refractivity contribution in [3.05, 3.63) is 82.4 Å². The van der Waals surface area contributed by atoms with Gasteiger partial charge in [-0.2, -0.15) is 42.1 Å². The fourth-order valence-corrected chi connectivity index (χ4v) is 9.52. The Bertz CT molecular complexity index is 3840. The molecule has 0 fully saturated rings. The number of nitrogens with two attached hydrogens (primary N) is 8. The number of phenols is 2. The summed E-state index contributed by atoms with van der Waals surface area (Å²) in [4.78, 5) is 15.8. The molecule has 24 N–H and O–H groups in total. The second kappa shape index (κ2) is 20.0. The number of carboxylic acid groups (broad SMARTS) is 1. The molecule has 6 aromatic carbocycles. The van der Waals surface area contributed by atoms with E-state index in [9.17, 15) is 84.7 Å². The summed E-state index contributed by atoms with van der Waals surface area (Å²) in [7, 11) is -27.7. The summed E-state index contributed by atoms with van der Waals surface area (Å²) in [6.07, 6.45) is 0.